The van der Waals surface area contributed by atoms with Gasteiger partial charge in [0.15, 0.2) is 0 Å². The van der Waals surface area contributed by atoms with E-state index in [1.807, 2.05) is 0 Å². The van der Waals surface area contributed by atoms with Crippen molar-refractivity contribution < 1.29 is 9.90 Å². The number of carboxylic acids is 1. The molecule has 0 spiro atoms. The maximum Gasteiger partial charge on any atom is 0.303 e. The van der Waals surface area contributed by atoms with Crippen LogP contribution in [-0.2, 0) is 24.3 Å². The van der Waals surface area contributed by atoms with Crippen molar-refractivity contribution in [1.82, 2.24) is 9.88 Å². The van der Waals surface area contributed by atoms with Crippen molar-refractivity contribution in [3.63, 3.8) is 0 Å². The van der Waals surface area contributed by atoms with Crippen molar-refractivity contribution in [1.29, 1.82) is 0 Å². The molecular weight excluding hydrogens is 240 g/mol. The zero-order chi connectivity index (χ0) is 13.4. The van der Waals surface area contributed by atoms with Crippen molar-refractivity contribution in [2.24, 2.45) is 0 Å². The molecule has 1 aromatic heterocycles. The number of nitrogens with one attached hydrogen (secondary N) is 1. The molecule has 0 radical (unpaired) electrons. The molecule has 4 nitrogen and oxygen atoms in total. The lowest BCUT2D eigenvalue weighted by Crippen LogP contribution is -2.28. The van der Waals surface area contributed by atoms with E-state index in [2.05, 4.69) is 35.0 Å². The standard InChI is InChI=1S/C15H18N2O2/c1-10-2-4-13-12(8-10)11(3-5-15(18)19)14-9-16-6-7-17(13)14/h2,4,8,16H,3,5-7,9H2,1H3,(H,18,19). The molecule has 0 bridgehead atoms. The van der Waals surface area contributed by atoms with E-state index in [9.17, 15) is 4.79 Å². The Hall–Kier alpha value is -1.81. The van der Waals surface area contributed by atoms with Crippen LogP contribution in [0.2, 0.25) is 0 Å². The molecule has 1 aliphatic rings. The minimum absolute atomic E-state index is 0.194. The predicted octanol–water partition coefficient (Wildman–Crippen LogP) is 2.07. The van der Waals surface area contributed by atoms with Crippen LogP contribution in [0.15, 0.2) is 18.2 Å². The average molecular weight is 258 g/mol. The van der Waals surface area contributed by atoms with Crippen molar-refractivity contribution in [3.05, 3.63) is 35.0 Å². The summed E-state index contributed by atoms with van der Waals surface area (Å²) in [5, 5.41) is 13.5. The number of aliphatic carboxylic acids is 1. The molecule has 0 amide bonds. The van der Waals surface area contributed by atoms with E-state index < -0.39 is 5.97 Å². The molecule has 100 valence electrons. The van der Waals surface area contributed by atoms with Gasteiger partial charge >= 0.3 is 5.97 Å². The number of carboxylic acid groups (broad SMARTS) is 1. The molecule has 19 heavy (non-hydrogen) atoms. The molecule has 2 aromatic rings. The highest BCUT2D eigenvalue weighted by Crippen LogP contribution is 2.29. The Balaban J connectivity index is 2.16. The van der Waals surface area contributed by atoms with E-state index >= 15 is 0 Å². The Morgan fingerprint density at radius 2 is 2.32 bits per heavy atom. The number of benzene rings is 1. The van der Waals surface area contributed by atoms with Crippen LogP contribution in [0.1, 0.15) is 23.2 Å². The minimum Gasteiger partial charge on any atom is -0.481 e. The monoisotopic (exact) mass is 258 g/mol. The van der Waals surface area contributed by atoms with Crippen molar-refractivity contribution in [3.8, 4) is 0 Å². The van der Waals surface area contributed by atoms with Crippen LogP contribution in [0.3, 0.4) is 0 Å². The van der Waals surface area contributed by atoms with Crippen LogP contribution >= 0.6 is 0 Å². The Labute approximate surface area is 112 Å². The van der Waals surface area contributed by atoms with E-state index in [-0.39, 0.29) is 6.42 Å². The fourth-order valence-corrected chi connectivity index (χ4v) is 2.96. The number of hydrogen-bond donors (Lipinski definition) is 2. The average Bonchev–Trinajstić information content (AvgIpc) is 2.69. The summed E-state index contributed by atoms with van der Waals surface area (Å²) in [7, 11) is 0. The predicted molar refractivity (Wildman–Crippen MR) is 74.3 cm³/mol. The lowest BCUT2D eigenvalue weighted by atomic mass is 10.0. The van der Waals surface area contributed by atoms with Gasteiger partial charge in [-0.15, -0.1) is 0 Å². The first-order chi connectivity index (χ1) is 9.16. The SMILES string of the molecule is Cc1ccc2c(c1)c(CCC(=O)O)c1n2CCNC1. The number of nitrogens with zero attached hydrogens (tertiary/aromatic N) is 1. The molecule has 3 rings (SSSR count). The molecule has 0 saturated carbocycles. The summed E-state index contributed by atoms with van der Waals surface area (Å²) in [5.41, 5.74) is 4.92. The second kappa shape index (κ2) is 4.70. The molecule has 2 N–H and O–H groups in total. The van der Waals surface area contributed by atoms with Gasteiger partial charge in [0.25, 0.3) is 0 Å². The van der Waals surface area contributed by atoms with Gasteiger partial charge in [0, 0.05) is 42.7 Å². The number of rotatable bonds is 3. The largest absolute Gasteiger partial charge is 0.481 e. The molecule has 0 unspecified atom stereocenters. The highest BCUT2D eigenvalue weighted by atomic mass is 16.4. The van der Waals surface area contributed by atoms with E-state index in [1.165, 1.54) is 27.7 Å². The smallest absolute Gasteiger partial charge is 0.303 e. The molecule has 1 aromatic carbocycles. The Kier molecular flexibility index (Phi) is 3.03. The van der Waals surface area contributed by atoms with Gasteiger partial charge in [0.1, 0.15) is 0 Å². The Bertz CT molecular complexity index is 643. The van der Waals surface area contributed by atoms with Gasteiger partial charge in [0.2, 0.25) is 0 Å². The molecular formula is C15H18N2O2. The van der Waals surface area contributed by atoms with E-state index in [4.69, 9.17) is 5.11 Å². The third kappa shape index (κ3) is 2.12. The summed E-state index contributed by atoms with van der Waals surface area (Å²) in [5.74, 6) is -0.732. The first-order valence-electron chi connectivity index (χ1n) is 6.70. The van der Waals surface area contributed by atoms with E-state index in [0.717, 1.165) is 19.6 Å². The van der Waals surface area contributed by atoms with Crippen LogP contribution in [0.4, 0.5) is 0 Å². The summed E-state index contributed by atoms with van der Waals surface area (Å²) in [6.45, 7) is 4.85. The van der Waals surface area contributed by atoms with Crippen molar-refractivity contribution >= 4 is 16.9 Å². The quantitative estimate of drug-likeness (QED) is 0.886. The van der Waals surface area contributed by atoms with Crippen LogP contribution in [0.25, 0.3) is 10.9 Å². The fourth-order valence-electron chi connectivity index (χ4n) is 2.96. The zero-order valence-electron chi connectivity index (χ0n) is 11.1. The summed E-state index contributed by atoms with van der Waals surface area (Å²) < 4.78 is 2.34. The number of aryl methyl sites for hydroxylation is 2. The van der Waals surface area contributed by atoms with Gasteiger partial charge in [-0.25, -0.2) is 0 Å². The van der Waals surface area contributed by atoms with Crippen molar-refractivity contribution in [2.45, 2.75) is 32.9 Å². The highest BCUT2D eigenvalue weighted by Gasteiger charge is 2.19. The Morgan fingerprint density at radius 3 is 3.11 bits per heavy atom. The molecule has 0 aliphatic carbocycles. The normalized spacial score (nSPS) is 14.6. The topological polar surface area (TPSA) is 54.3 Å². The van der Waals surface area contributed by atoms with Gasteiger partial charge in [-0.1, -0.05) is 11.6 Å². The summed E-state index contributed by atoms with van der Waals surface area (Å²) >= 11 is 0. The molecule has 1 aliphatic heterocycles. The fraction of sp³-hybridized carbons (Fsp3) is 0.400. The van der Waals surface area contributed by atoms with Gasteiger partial charge < -0.3 is 15.0 Å². The van der Waals surface area contributed by atoms with Crippen LogP contribution < -0.4 is 5.32 Å². The first kappa shape index (κ1) is 12.2. The lowest BCUT2D eigenvalue weighted by Gasteiger charge is -2.18. The minimum atomic E-state index is -0.732. The van der Waals surface area contributed by atoms with Crippen LogP contribution in [0, 0.1) is 6.92 Å². The van der Waals surface area contributed by atoms with Crippen LogP contribution in [0.5, 0.6) is 0 Å². The maximum atomic E-state index is 10.8. The van der Waals surface area contributed by atoms with Crippen LogP contribution in [-0.4, -0.2) is 22.2 Å². The van der Waals surface area contributed by atoms with E-state index in [0.29, 0.717) is 6.42 Å². The first-order valence-corrected chi connectivity index (χ1v) is 6.70. The molecule has 0 saturated heterocycles. The summed E-state index contributed by atoms with van der Waals surface area (Å²) in [6, 6.07) is 6.46. The van der Waals surface area contributed by atoms with Gasteiger partial charge in [-0.3, -0.25) is 4.79 Å². The lowest BCUT2D eigenvalue weighted by molar-refractivity contribution is -0.136. The highest BCUT2D eigenvalue weighted by molar-refractivity contribution is 5.87. The van der Waals surface area contributed by atoms with Crippen molar-refractivity contribution in [2.75, 3.05) is 6.54 Å². The van der Waals surface area contributed by atoms with Gasteiger partial charge in [0.05, 0.1) is 0 Å². The maximum absolute atomic E-state index is 10.8. The molecule has 4 heteroatoms. The number of fused-ring (bicyclic) bond motifs is 3. The molecule has 0 atom stereocenters. The summed E-state index contributed by atoms with van der Waals surface area (Å²) in [4.78, 5) is 10.8. The van der Waals surface area contributed by atoms with Gasteiger partial charge in [-0.05, 0) is 31.0 Å². The third-order valence-electron chi connectivity index (χ3n) is 3.84. The van der Waals surface area contributed by atoms with Gasteiger partial charge in [-0.2, -0.15) is 0 Å². The molecule has 0 fully saturated rings. The third-order valence-corrected chi connectivity index (χ3v) is 3.84. The Morgan fingerprint density at radius 1 is 1.47 bits per heavy atom. The summed E-state index contributed by atoms with van der Waals surface area (Å²) in [6.07, 6.45) is 0.805. The molecule has 2 heterocycles. The van der Waals surface area contributed by atoms with E-state index in [1.54, 1.807) is 0 Å². The number of carbonyl (C=O) groups is 1. The second-order valence-corrected chi connectivity index (χ2v) is 5.17. The zero-order valence-corrected chi connectivity index (χ0v) is 11.1. The number of hydrogen-bond acceptors (Lipinski definition) is 2. The number of aromatic nitrogens is 1. The second-order valence-electron chi connectivity index (χ2n) is 5.17.